The first-order valence-corrected chi connectivity index (χ1v) is 5.94. The number of para-hydroxylation sites is 1. The van der Waals surface area contributed by atoms with Crippen molar-refractivity contribution in [3.63, 3.8) is 0 Å². The molecule has 1 fully saturated rings. The molecular formula is C13H20N2O. The molecule has 0 saturated carbocycles. The second-order valence-corrected chi connectivity index (χ2v) is 4.24. The molecule has 1 saturated heterocycles. The van der Waals surface area contributed by atoms with Gasteiger partial charge in [-0.2, -0.15) is 0 Å². The number of hydrogen-bond donors (Lipinski definition) is 1. The normalized spacial score (nSPS) is 18.6. The van der Waals surface area contributed by atoms with Gasteiger partial charge in [0, 0.05) is 12.1 Å². The molecule has 1 aliphatic rings. The molecule has 16 heavy (non-hydrogen) atoms. The van der Waals surface area contributed by atoms with Gasteiger partial charge in [-0.1, -0.05) is 18.2 Å². The fourth-order valence-corrected chi connectivity index (χ4v) is 2.47. The van der Waals surface area contributed by atoms with Crippen molar-refractivity contribution in [1.29, 1.82) is 0 Å². The van der Waals surface area contributed by atoms with E-state index in [9.17, 15) is 0 Å². The SMILES string of the molecule is COc1ccccc1[C@H](CN)N1CCCC1. The Balaban J connectivity index is 2.24. The highest BCUT2D eigenvalue weighted by Gasteiger charge is 2.24. The number of benzene rings is 1. The molecule has 2 rings (SSSR count). The van der Waals surface area contributed by atoms with Gasteiger partial charge in [-0.05, 0) is 32.0 Å². The number of ether oxygens (including phenoxy) is 1. The molecule has 3 heteroatoms. The van der Waals surface area contributed by atoms with Crippen molar-refractivity contribution in [3.8, 4) is 5.75 Å². The third kappa shape index (κ3) is 2.20. The van der Waals surface area contributed by atoms with Gasteiger partial charge in [-0.25, -0.2) is 0 Å². The number of methoxy groups -OCH3 is 1. The predicted octanol–water partition coefficient (Wildman–Crippen LogP) is 1.79. The molecule has 0 aliphatic carbocycles. The molecule has 1 atom stereocenters. The lowest BCUT2D eigenvalue weighted by molar-refractivity contribution is 0.245. The van der Waals surface area contributed by atoms with Crippen LogP contribution in [0, 0.1) is 0 Å². The third-order valence-corrected chi connectivity index (χ3v) is 3.30. The van der Waals surface area contributed by atoms with Crippen LogP contribution in [0.2, 0.25) is 0 Å². The monoisotopic (exact) mass is 220 g/mol. The Morgan fingerprint density at radius 2 is 2.00 bits per heavy atom. The van der Waals surface area contributed by atoms with E-state index in [1.165, 1.54) is 18.4 Å². The largest absolute Gasteiger partial charge is 0.496 e. The first-order chi connectivity index (χ1) is 7.86. The Bertz CT molecular complexity index is 334. The molecule has 3 nitrogen and oxygen atoms in total. The average Bonchev–Trinajstić information content (AvgIpc) is 2.84. The molecule has 1 aromatic rings. The van der Waals surface area contributed by atoms with E-state index < -0.39 is 0 Å². The first-order valence-electron chi connectivity index (χ1n) is 5.94. The molecule has 1 heterocycles. The van der Waals surface area contributed by atoms with Crippen molar-refractivity contribution >= 4 is 0 Å². The zero-order valence-corrected chi connectivity index (χ0v) is 9.86. The molecular weight excluding hydrogens is 200 g/mol. The maximum Gasteiger partial charge on any atom is 0.123 e. The van der Waals surface area contributed by atoms with Crippen LogP contribution >= 0.6 is 0 Å². The summed E-state index contributed by atoms with van der Waals surface area (Å²) in [6, 6.07) is 8.48. The lowest BCUT2D eigenvalue weighted by Crippen LogP contribution is -2.31. The minimum Gasteiger partial charge on any atom is -0.496 e. The lowest BCUT2D eigenvalue weighted by atomic mass is 10.0. The van der Waals surface area contributed by atoms with Crippen molar-refractivity contribution in [2.24, 2.45) is 5.73 Å². The van der Waals surface area contributed by atoms with Crippen molar-refractivity contribution in [3.05, 3.63) is 29.8 Å². The Kier molecular flexibility index (Phi) is 3.80. The molecule has 0 amide bonds. The van der Waals surface area contributed by atoms with Gasteiger partial charge in [-0.15, -0.1) is 0 Å². The fourth-order valence-electron chi connectivity index (χ4n) is 2.47. The second kappa shape index (κ2) is 5.32. The smallest absolute Gasteiger partial charge is 0.123 e. The average molecular weight is 220 g/mol. The van der Waals surface area contributed by atoms with Crippen molar-refractivity contribution in [1.82, 2.24) is 4.90 Å². The lowest BCUT2D eigenvalue weighted by Gasteiger charge is -2.27. The number of nitrogens with two attached hydrogens (primary N) is 1. The van der Waals surface area contributed by atoms with Crippen LogP contribution in [0.15, 0.2) is 24.3 Å². The zero-order valence-electron chi connectivity index (χ0n) is 9.86. The third-order valence-electron chi connectivity index (χ3n) is 3.30. The summed E-state index contributed by atoms with van der Waals surface area (Å²) in [4.78, 5) is 2.46. The fraction of sp³-hybridized carbons (Fsp3) is 0.538. The minimum absolute atomic E-state index is 0.304. The van der Waals surface area contributed by atoms with E-state index in [0.717, 1.165) is 18.8 Å². The van der Waals surface area contributed by atoms with Crippen LogP contribution in [0.5, 0.6) is 5.75 Å². The Morgan fingerprint density at radius 1 is 1.31 bits per heavy atom. The van der Waals surface area contributed by atoms with Crippen LogP contribution in [-0.2, 0) is 0 Å². The highest BCUT2D eigenvalue weighted by Crippen LogP contribution is 2.30. The van der Waals surface area contributed by atoms with Gasteiger partial charge < -0.3 is 10.5 Å². The summed E-state index contributed by atoms with van der Waals surface area (Å²) in [6.45, 7) is 2.96. The van der Waals surface area contributed by atoms with Gasteiger partial charge >= 0.3 is 0 Å². The van der Waals surface area contributed by atoms with E-state index in [0.29, 0.717) is 12.6 Å². The molecule has 0 radical (unpaired) electrons. The molecule has 88 valence electrons. The van der Waals surface area contributed by atoms with E-state index in [1.54, 1.807) is 7.11 Å². The van der Waals surface area contributed by atoms with Gasteiger partial charge in [0.1, 0.15) is 5.75 Å². The summed E-state index contributed by atoms with van der Waals surface area (Å²) in [5.74, 6) is 0.949. The Labute approximate surface area is 97.2 Å². The summed E-state index contributed by atoms with van der Waals surface area (Å²) in [5, 5.41) is 0. The number of rotatable bonds is 4. The summed E-state index contributed by atoms with van der Waals surface area (Å²) in [6.07, 6.45) is 2.57. The van der Waals surface area contributed by atoms with E-state index in [1.807, 2.05) is 12.1 Å². The van der Waals surface area contributed by atoms with E-state index in [4.69, 9.17) is 10.5 Å². The second-order valence-electron chi connectivity index (χ2n) is 4.24. The van der Waals surface area contributed by atoms with Crippen LogP contribution in [0.4, 0.5) is 0 Å². The minimum atomic E-state index is 0.304. The highest BCUT2D eigenvalue weighted by molar-refractivity contribution is 5.36. The summed E-state index contributed by atoms with van der Waals surface area (Å²) in [5.41, 5.74) is 7.13. The highest BCUT2D eigenvalue weighted by atomic mass is 16.5. The van der Waals surface area contributed by atoms with Crippen molar-refractivity contribution < 1.29 is 4.74 Å². The van der Waals surface area contributed by atoms with Crippen molar-refractivity contribution in [2.45, 2.75) is 18.9 Å². The predicted molar refractivity (Wildman–Crippen MR) is 65.6 cm³/mol. The summed E-state index contributed by atoms with van der Waals surface area (Å²) in [7, 11) is 1.72. The first kappa shape index (κ1) is 11.4. The van der Waals surface area contributed by atoms with Crippen LogP contribution in [0.3, 0.4) is 0 Å². The zero-order chi connectivity index (χ0) is 11.4. The standard InChI is InChI=1S/C13H20N2O/c1-16-13-7-3-2-6-11(13)12(10-14)15-8-4-5-9-15/h2-3,6-7,12H,4-5,8-10,14H2,1H3/t12-/m0/s1. The molecule has 0 aromatic heterocycles. The van der Waals surface area contributed by atoms with Gasteiger partial charge in [0.25, 0.3) is 0 Å². The molecule has 1 aliphatic heterocycles. The van der Waals surface area contributed by atoms with E-state index in [-0.39, 0.29) is 0 Å². The maximum absolute atomic E-state index is 5.91. The molecule has 0 spiro atoms. The maximum atomic E-state index is 5.91. The molecule has 0 bridgehead atoms. The summed E-state index contributed by atoms with van der Waals surface area (Å²) < 4.78 is 5.41. The summed E-state index contributed by atoms with van der Waals surface area (Å²) >= 11 is 0. The van der Waals surface area contributed by atoms with Crippen LogP contribution < -0.4 is 10.5 Å². The van der Waals surface area contributed by atoms with Gasteiger partial charge in [0.15, 0.2) is 0 Å². The number of hydrogen-bond acceptors (Lipinski definition) is 3. The topological polar surface area (TPSA) is 38.5 Å². The number of likely N-dealkylation sites (tertiary alicyclic amines) is 1. The number of nitrogens with zero attached hydrogens (tertiary/aromatic N) is 1. The molecule has 2 N–H and O–H groups in total. The quantitative estimate of drug-likeness (QED) is 0.840. The van der Waals surface area contributed by atoms with Gasteiger partial charge in [-0.3, -0.25) is 4.90 Å². The Hall–Kier alpha value is -1.06. The van der Waals surface area contributed by atoms with E-state index in [2.05, 4.69) is 17.0 Å². The van der Waals surface area contributed by atoms with E-state index >= 15 is 0 Å². The van der Waals surface area contributed by atoms with Gasteiger partial charge in [0.05, 0.1) is 13.2 Å². The van der Waals surface area contributed by atoms with Crippen molar-refractivity contribution in [2.75, 3.05) is 26.7 Å². The van der Waals surface area contributed by atoms with Crippen LogP contribution in [-0.4, -0.2) is 31.6 Å². The van der Waals surface area contributed by atoms with Crippen LogP contribution in [0.1, 0.15) is 24.4 Å². The molecule has 1 aromatic carbocycles. The van der Waals surface area contributed by atoms with Crippen LogP contribution in [0.25, 0.3) is 0 Å². The van der Waals surface area contributed by atoms with Gasteiger partial charge in [0.2, 0.25) is 0 Å². The molecule has 0 unspecified atom stereocenters. The Morgan fingerprint density at radius 3 is 2.62 bits per heavy atom.